The molecule has 6 nitrogen and oxygen atoms in total. The summed E-state index contributed by atoms with van der Waals surface area (Å²) in [5, 5.41) is 2.85. The van der Waals surface area contributed by atoms with Crippen LogP contribution in [0.4, 0.5) is 0 Å². The molecule has 6 heteroatoms. The molecule has 0 aliphatic carbocycles. The number of rotatable bonds is 3. The molecule has 0 spiro atoms. The number of aromatic nitrogens is 1. The average molecular weight is 263 g/mol. The summed E-state index contributed by atoms with van der Waals surface area (Å²) in [5.74, 6) is -0.342. The van der Waals surface area contributed by atoms with Crippen LogP contribution in [0.1, 0.15) is 23.2 Å². The first-order valence-corrected chi connectivity index (χ1v) is 6.27. The van der Waals surface area contributed by atoms with Gasteiger partial charge in [-0.15, -0.1) is 0 Å². The molecule has 19 heavy (non-hydrogen) atoms. The zero-order valence-corrected chi connectivity index (χ0v) is 10.8. The lowest BCUT2D eigenvalue weighted by Gasteiger charge is -2.29. The number of nitrogens with zero attached hydrogens (tertiary/aromatic N) is 2. The molecule has 1 N–H and O–H groups in total. The zero-order valence-electron chi connectivity index (χ0n) is 10.8. The van der Waals surface area contributed by atoms with E-state index in [4.69, 9.17) is 0 Å². The van der Waals surface area contributed by atoms with Gasteiger partial charge in [-0.25, -0.2) is 0 Å². The molecule has 1 saturated heterocycles. The summed E-state index contributed by atoms with van der Waals surface area (Å²) in [6.07, 6.45) is 3.88. The van der Waals surface area contributed by atoms with Gasteiger partial charge < -0.3 is 14.8 Å². The van der Waals surface area contributed by atoms with Crippen molar-refractivity contribution in [1.29, 1.82) is 0 Å². The normalized spacial score (nSPS) is 16.2. The molecular formula is C13H17N3O3. The summed E-state index contributed by atoms with van der Waals surface area (Å²) < 4.78 is 1.38. The molecule has 0 atom stereocenters. The topological polar surface area (TPSA) is 71.4 Å². The van der Waals surface area contributed by atoms with Crippen molar-refractivity contribution >= 4 is 12.3 Å². The summed E-state index contributed by atoms with van der Waals surface area (Å²) in [4.78, 5) is 36.1. The standard InChI is InChI=1S/C13H17N3O3/c1-15-6-2-3-11(13(15)19)12(18)14-10-4-7-16(9-17)8-5-10/h2-3,6,9-10H,4-5,7-8H2,1H3,(H,14,18). The lowest BCUT2D eigenvalue weighted by Crippen LogP contribution is -2.45. The number of likely N-dealkylation sites (tertiary alicyclic amines) is 1. The number of hydrogen-bond donors (Lipinski definition) is 1. The minimum atomic E-state index is -0.342. The van der Waals surface area contributed by atoms with E-state index in [9.17, 15) is 14.4 Å². The summed E-state index contributed by atoms with van der Waals surface area (Å²) in [6, 6.07) is 3.22. The highest BCUT2D eigenvalue weighted by Gasteiger charge is 2.21. The Labute approximate surface area is 111 Å². The lowest BCUT2D eigenvalue weighted by atomic mass is 10.1. The van der Waals surface area contributed by atoms with Crippen LogP contribution < -0.4 is 10.9 Å². The predicted molar refractivity (Wildman–Crippen MR) is 69.8 cm³/mol. The number of carbonyl (C=O) groups is 2. The van der Waals surface area contributed by atoms with E-state index in [0.29, 0.717) is 13.1 Å². The van der Waals surface area contributed by atoms with Gasteiger partial charge in [0, 0.05) is 32.4 Å². The van der Waals surface area contributed by atoms with Gasteiger partial charge in [-0.2, -0.15) is 0 Å². The summed E-state index contributed by atoms with van der Waals surface area (Å²) in [7, 11) is 1.61. The van der Waals surface area contributed by atoms with Crippen LogP contribution in [0.5, 0.6) is 0 Å². The van der Waals surface area contributed by atoms with Gasteiger partial charge in [0.25, 0.3) is 11.5 Å². The zero-order chi connectivity index (χ0) is 13.8. The van der Waals surface area contributed by atoms with Crippen molar-refractivity contribution < 1.29 is 9.59 Å². The Morgan fingerprint density at radius 2 is 2.11 bits per heavy atom. The second kappa shape index (κ2) is 5.69. The van der Waals surface area contributed by atoms with Crippen molar-refractivity contribution in [2.75, 3.05) is 13.1 Å². The highest BCUT2D eigenvalue weighted by molar-refractivity contribution is 5.93. The molecule has 2 amide bonds. The third-order valence-corrected chi connectivity index (χ3v) is 3.38. The minimum absolute atomic E-state index is 0.0219. The monoisotopic (exact) mass is 263 g/mol. The van der Waals surface area contributed by atoms with E-state index in [-0.39, 0.29) is 23.1 Å². The molecule has 0 bridgehead atoms. The molecule has 1 fully saturated rings. The quantitative estimate of drug-likeness (QED) is 0.763. The van der Waals surface area contributed by atoms with E-state index in [1.807, 2.05) is 0 Å². The maximum atomic E-state index is 12.0. The Hall–Kier alpha value is -2.11. The molecule has 102 valence electrons. The fourth-order valence-electron chi connectivity index (χ4n) is 2.18. The summed E-state index contributed by atoms with van der Waals surface area (Å²) in [5.41, 5.74) is -0.145. The average Bonchev–Trinajstić information content (AvgIpc) is 2.42. The van der Waals surface area contributed by atoms with E-state index < -0.39 is 0 Å². The first-order chi connectivity index (χ1) is 9.11. The van der Waals surface area contributed by atoms with Gasteiger partial charge in [0.1, 0.15) is 5.56 Å². The summed E-state index contributed by atoms with van der Waals surface area (Å²) in [6.45, 7) is 1.28. The molecule has 2 rings (SSSR count). The molecule has 1 aromatic heterocycles. The van der Waals surface area contributed by atoms with E-state index in [1.165, 1.54) is 10.6 Å². The van der Waals surface area contributed by atoms with Gasteiger partial charge in [-0.05, 0) is 25.0 Å². The van der Waals surface area contributed by atoms with E-state index >= 15 is 0 Å². The molecular weight excluding hydrogens is 246 g/mol. The van der Waals surface area contributed by atoms with Gasteiger partial charge in [0.15, 0.2) is 0 Å². The largest absolute Gasteiger partial charge is 0.349 e. The predicted octanol–water partition coefficient (Wildman–Crippen LogP) is -0.264. The molecule has 1 aliphatic rings. The third-order valence-electron chi connectivity index (χ3n) is 3.38. The van der Waals surface area contributed by atoms with Crippen LogP contribution in [0.15, 0.2) is 23.1 Å². The van der Waals surface area contributed by atoms with E-state index in [0.717, 1.165) is 19.3 Å². The van der Waals surface area contributed by atoms with Crippen LogP contribution in [-0.4, -0.2) is 40.9 Å². The second-order valence-corrected chi connectivity index (χ2v) is 4.73. The van der Waals surface area contributed by atoms with Gasteiger partial charge >= 0.3 is 0 Å². The van der Waals surface area contributed by atoms with Crippen LogP contribution in [0, 0.1) is 0 Å². The number of piperidine rings is 1. The number of aryl methyl sites for hydroxylation is 1. The number of pyridine rings is 1. The Kier molecular flexibility index (Phi) is 3.99. The van der Waals surface area contributed by atoms with Crippen molar-refractivity contribution in [3.05, 3.63) is 34.2 Å². The van der Waals surface area contributed by atoms with E-state index in [1.54, 1.807) is 24.2 Å². The maximum Gasteiger partial charge on any atom is 0.263 e. The fraction of sp³-hybridized carbons (Fsp3) is 0.462. The molecule has 2 heterocycles. The maximum absolute atomic E-state index is 12.0. The van der Waals surface area contributed by atoms with Gasteiger partial charge in [-0.3, -0.25) is 14.4 Å². The minimum Gasteiger partial charge on any atom is -0.349 e. The first kappa shape index (κ1) is 13.3. The van der Waals surface area contributed by atoms with Gasteiger partial charge in [-0.1, -0.05) is 0 Å². The van der Waals surface area contributed by atoms with Crippen molar-refractivity contribution in [2.45, 2.75) is 18.9 Å². The third kappa shape index (κ3) is 3.01. The lowest BCUT2D eigenvalue weighted by molar-refractivity contribution is -0.119. The smallest absolute Gasteiger partial charge is 0.263 e. The molecule has 1 aliphatic heterocycles. The SMILES string of the molecule is Cn1cccc(C(=O)NC2CCN(C=O)CC2)c1=O. The van der Waals surface area contributed by atoms with Crippen molar-refractivity contribution in [3.8, 4) is 0 Å². The number of hydrogen-bond acceptors (Lipinski definition) is 3. The molecule has 0 unspecified atom stereocenters. The Bertz CT molecular complexity index is 530. The fourth-order valence-corrected chi connectivity index (χ4v) is 2.18. The van der Waals surface area contributed by atoms with E-state index in [2.05, 4.69) is 5.32 Å². The molecule has 1 aromatic rings. The second-order valence-electron chi connectivity index (χ2n) is 4.73. The van der Waals surface area contributed by atoms with Crippen molar-refractivity contribution in [2.24, 2.45) is 7.05 Å². The Morgan fingerprint density at radius 3 is 2.74 bits per heavy atom. The van der Waals surface area contributed by atoms with Crippen LogP contribution in [-0.2, 0) is 11.8 Å². The highest BCUT2D eigenvalue weighted by Crippen LogP contribution is 2.09. The van der Waals surface area contributed by atoms with Gasteiger partial charge in [0.2, 0.25) is 6.41 Å². The first-order valence-electron chi connectivity index (χ1n) is 6.27. The van der Waals surface area contributed by atoms with Crippen molar-refractivity contribution in [3.63, 3.8) is 0 Å². The van der Waals surface area contributed by atoms with Crippen molar-refractivity contribution in [1.82, 2.24) is 14.8 Å². The summed E-state index contributed by atoms with van der Waals surface area (Å²) >= 11 is 0. The van der Waals surface area contributed by atoms with Crippen LogP contribution in [0.3, 0.4) is 0 Å². The Morgan fingerprint density at radius 1 is 1.42 bits per heavy atom. The van der Waals surface area contributed by atoms with Crippen LogP contribution in [0.2, 0.25) is 0 Å². The number of amides is 2. The number of carbonyl (C=O) groups excluding carboxylic acids is 2. The molecule has 0 radical (unpaired) electrons. The van der Waals surface area contributed by atoms with Crippen LogP contribution >= 0.6 is 0 Å². The van der Waals surface area contributed by atoms with Crippen LogP contribution in [0.25, 0.3) is 0 Å². The van der Waals surface area contributed by atoms with Gasteiger partial charge in [0.05, 0.1) is 0 Å². The number of nitrogens with one attached hydrogen (secondary N) is 1. The Balaban J connectivity index is 2.00. The molecule has 0 aromatic carbocycles. The molecule has 0 saturated carbocycles. The highest BCUT2D eigenvalue weighted by atomic mass is 16.2.